The Bertz CT molecular complexity index is 1760. The summed E-state index contributed by atoms with van der Waals surface area (Å²) in [5.74, 6) is 1.08. The third-order valence-electron chi connectivity index (χ3n) is 8.65. The van der Waals surface area contributed by atoms with Crippen molar-refractivity contribution in [2.24, 2.45) is 10.8 Å². The van der Waals surface area contributed by atoms with Gasteiger partial charge in [-0.05, 0) is 71.1 Å². The second-order valence-electron chi connectivity index (χ2n) is 12.0. The molecule has 0 nitrogen and oxygen atoms in total. The van der Waals surface area contributed by atoms with Gasteiger partial charge in [-0.15, -0.1) is 24.4 Å². The van der Waals surface area contributed by atoms with Gasteiger partial charge in [-0.1, -0.05) is 120 Å². The molecule has 0 unspecified atom stereocenters. The van der Waals surface area contributed by atoms with E-state index in [1.165, 1.54) is 58.8 Å². The third-order valence-corrected chi connectivity index (χ3v) is 10.7. The van der Waals surface area contributed by atoms with E-state index in [1.807, 2.05) is 11.8 Å². The van der Waals surface area contributed by atoms with Crippen LogP contribution in [0.15, 0.2) is 82.6 Å². The van der Waals surface area contributed by atoms with Crippen LogP contribution in [0.25, 0.3) is 55.6 Å². The van der Waals surface area contributed by atoms with E-state index in [9.17, 15) is 0 Å². The van der Waals surface area contributed by atoms with Crippen LogP contribution in [0.4, 0.5) is 0 Å². The van der Waals surface area contributed by atoms with Gasteiger partial charge in [0.15, 0.2) is 0 Å². The summed E-state index contributed by atoms with van der Waals surface area (Å²) in [6, 6.07) is 26.6. The molecule has 0 fully saturated rings. The van der Waals surface area contributed by atoms with Crippen molar-refractivity contribution in [2.45, 2.75) is 50.8 Å². The molecule has 2 heteroatoms. The van der Waals surface area contributed by atoms with Gasteiger partial charge in [-0.25, -0.2) is 0 Å². The fourth-order valence-electron chi connectivity index (χ4n) is 5.42. The van der Waals surface area contributed by atoms with Gasteiger partial charge in [0.2, 0.25) is 0 Å². The number of fused-ring (bicyclic) bond motifs is 4. The Balaban J connectivity index is 1.71. The Kier molecular flexibility index (Phi) is 5.97. The molecular weight excluding hydrogens is 485 g/mol. The molecule has 0 atom stereocenters. The molecule has 5 aromatic rings. The second-order valence-corrected chi connectivity index (χ2v) is 13.4. The molecule has 1 aliphatic carbocycles. The molecule has 6 rings (SSSR count). The van der Waals surface area contributed by atoms with Gasteiger partial charge in [0.05, 0.1) is 0 Å². The van der Waals surface area contributed by atoms with Crippen LogP contribution < -0.4 is 10.4 Å². The zero-order chi connectivity index (χ0) is 25.9. The van der Waals surface area contributed by atoms with Crippen molar-refractivity contribution in [3.05, 3.63) is 83.2 Å². The van der Waals surface area contributed by atoms with Gasteiger partial charge in [0.25, 0.3) is 0 Å². The summed E-state index contributed by atoms with van der Waals surface area (Å²) in [6.07, 6.45) is 5.86. The summed E-state index contributed by atoms with van der Waals surface area (Å²) in [7, 11) is 0. The van der Waals surface area contributed by atoms with E-state index in [0.29, 0.717) is 0 Å². The van der Waals surface area contributed by atoms with Crippen molar-refractivity contribution in [1.82, 2.24) is 0 Å². The van der Waals surface area contributed by atoms with E-state index < -0.39 is 0 Å². The summed E-state index contributed by atoms with van der Waals surface area (Å²) in [5.41, 5.74) is 3.14. The zero-order valence-electron chi connectivity index (χ0n) is 22.4. The number of thiol groups is 1. The first-order valence-electron chi connectivity index (χ1n) is 13.2. The quantitative estimate of drug-likeness (QED) is 0.141. The van der Waals surface area contributed by atoms with Crippen LogP contribution in [0.1, 0.15) is 41.0 Å². The lowest BCUT2D eigenvalue weighted by Crippen LogP contribution is -2.33. The van der Waals surface area contributed by atoms with Crippen LogP contribution in [0, 0.1) is 10.8 Å². The molecule has 37 heavy (non-hydrogen) atoms. The highest BCUT2D eigenvalue weighted by molar-refractivity contribution is 7.99. The molecule has 0 aliphatic heterocycles. The normalized spacial score (nSPS) is 13.7. The van der Waals surface area contributed by atoms with Crippen molar-refractivity contribution in [3.63, 3.8) is 0 Å². The topological polar surface area (TPSA) is 0 Å². The summed E-state index contributed by atoms with van der Waals surface area (Å²) >= 11 is 7.05. The van der Waals surface area contributed by atoms with Crippen LogP contribution in [0.5, 0.6) is 0 Å². The highest BCUT2D eigenvalue weighted by atomic mass is 32.2. The first-order valence-corrected chi connectivity index (χ1v) is 14.6. The monoisotopic (exact) mass is 518 g/mol. The minimum atomic E-state index is 0.210. The van der Waals surface area contributed by atoms with Gasteiger partial charge >= 0.3 is 0 Å². The predicted molar refractivity (Wildman–Crippen MR) is 168 cm³/mol. The van der Waals surface area contributed by atoms with E-state index in [2.05, 4.69) is 120 Å². The summed E-state index contributed by atoms with van der Waals surface area (Å²) in [4.78, 5) is 2.49. The van der Waals surface area contributed by atoms with E-state index >= 15 is 0 Å². The number of benzene rings is 5. The second kappa shape index (κ2) is 8.96. The van der Waals surface area contributed by atoms with Gasteiger partial charge in [-0.2, -0.15) is 0 Å². The van der Waals surface area contributed by atoms with Crippen molar-refractivity contribution in [3.8, 4) is 11.1 Å². The van der Waals surface area contributed by atoms with Crippen molar-refractivity contribution in [2.75, 3.05) is 5.75 Å². The number of hydrogen-bond acceptors (Lipinski definition) is 2. The lowest BCUT2D eigenvalue weighted by molar-refractivity contribution is 0.162. The summed E-state index contributed by atoms with van der Waals surface area (Å²) in [5, 5.41) is 10.5. The fourth-order valence-corrected chi connectivity index (χ4v) is 7.43. The molecule has 0 heterocycles. The fraction of sp³-hybridized carbons (Fsp3) is 0.257. The van der Waals surface area contributed by atoms with Crippen molar-refractivity contribution < 1.29 is 0 Å². The highest BCUT2D eigenvalue weighted by Gasteiger charge is 2.33. The largest absolute Gasteiger partial charge is 0.142 e. The van der Waals surface area contributed by atoms with Crippen LogP contribution in [-0.4, -0.2) is 5.75 Å². The van der Waals surface area contributed by atoms with Crippen molar-refractivity contribution in [1.29, 1.82) is 0 Å². The van der Waals surface area contributed by atoms with Gasteiger partial charge in [0, 0.05) is 15.5 Å². The Morgan fingerprint density at radius 2 is 1.08 bits per heavy atom. The maximum absolute atomic E-state index is 5.01. The first-order chi connectivity index (χ1) is 17.7. The van der Waals surface area contributed by atoms with E-state index in [0.717, 1.165) is 17.1 Å². The van der Waals surface area contributed by atoms with E-state index in [-0.39, 0.29) is 10.8 Å². The molecule has 0 saturated heterocycles. The Hall–Kier alpha value is -2.68. The number of hydrogen-bond donors (Lipinski definition) is 1. The number of thioether (sulfide) groups is 1. The molecule has 0 amide bonds. The highest BCUT2D eigenvalue weighted by Crippen LogP contribution is 2.45. The average molecular weight is 519 g/mol. The van der Waals surface area contributed by atoms with Crippen molar-refractivity contribution >= 4 is 68.9 Å². The Morgan fingerprint density at radius 1 is 0.622 bits per heavy atom. The molecule has 0 saturated carbocycles. The van der Waals surface area contributed by atoms with Gasteiger partial charge in [0.1, 0.15) is 0 Å². The number of rotatable bonds is 4. The Morgan fingerprint density at radius 3 is 1.62 bits per heavy atom. The Labute approximate surface area is 229 Å². The summed E-state index contributed by atoms with van der Waals surface area (Å²) < 4.78 is 0. The molecule has 0 aromatic heterocycles. The zero-order valence-corrected chi connectivity index (χ0v) is 24.1. The van der Waals surface area contributed by atoms with E-state index in [4.69, 9.17) is 12.6 Å². The molecule has 0 radical (unpaired) electrons. The van der Waals surface area contributed by atoms with Crippen LogP contribution in [0.2, 0.25) is 0 Å². The molecule has 0 spiro atoms. The van der Waals surface area contributed by atoms with Crippen LogP contribution in [-0.2, 0) is 0 Å². The lowest BCUT2D eigenvalue weighted by atomic mass is 9.71. The lowest BCUT2D eigenvalue weighted by Gasteiger charge is -2.38. The van der Waals surface area contributed by atoms with E-state index in [1.54, 1.807) is 0 Å². The summed E-state index contributed by atoms with van der Waals surface area (Å²) in [6.45, 7) is 11.9. The van der Waals surface area contributed by atoms with Crippen LogP contribution >= 0.6 is 24.4 Å². The minimum absolute atomic E-state index is 0.210. The average Bonchev–Trinajstić information content (AvgIpc) is 3.37. The smallest absolute Gasteiger partial charge is 0.0226 e. The molecule has 5 aromatic carbocycles. The minimum Gasteiger partial charge on any atom is -0.142 e. The molecule has 1 aliphatic rings. The van der Waals surface area contributed by atoms with Crippen LogP contribution in [0.3, 0.4) is 0 Å². The molecule has 0 N–H and O–H groups in total. The molecular formula is C35H34S2. The van der Waals surface area contributed by atoms with Gasteiger partial charge < -0.3 is 0 Å². The predicted octanol–water partition coefficient (Wildman–Crippen LogP) is 9.23. The molecule has 0 bridgehead atoms. The molecule has 186 valence electrons. The maximum atomic E-state index is 5.01. The third kappa shape index (κ3) is 3.92. The van der Waals surface area contributed by atoms with Gasteiger partial charge in [-0.3, -0.25) is 0 Å². The first kappa shape index (κ1) is 24.6. The standard InChI is InChI=1S/C35H34S2/c1-34(2,3)35(4,5)21-37-33-28-18-11-8-15-24(28)31(25-19-12-20-29(25)33)30-22-13-6-9-16-26(22)32(36)27-17-10-7-14-23(27)30/h6-11,13-20,36H,12,21H2,1-5H3. The SMILES string of the molecule is CC(C)(C)C(C)(C)CSc1c2c(c(-c3c4ccccc4c(S)c4ccccc34)c3ccccc13)=CCC=2. The maximum Gasteiger partial charge on any atom is 0.0226 e.